The molecule has 2 heteroatoms. The van der Waals surface area contributed by atoms with Crippen LogP contribution >= 0.6 is 0 Å². The van der Waals surface area contributed by atoms with Gasteiger partial charge in [0.15, 0.2) is 0 Å². The van der Waals surface area contributed by atoms with E-state index in [2.05, 4.69) is 84.6 Å². The van der Waals surface area contributed by atoms with Gasteiger partial charge in [0.05, 0.1) is 0 Å². The highest BCUT2D eigenvalue weighted by atomic mass is 16.5. The van der Waals surface area contributed by atoms with Crippen molar-refractivity contribution in [1.82, 2.24) is 0 Å². The maximum absolute atomic E-state index is 12.2. The highest BCUT2D eigenvalue weighted by Gasteiger charge is 2.57. The van der Waals surface area contributed by atoms with Crippen molar-refractivity contribution < 1.29 is 9.53 Å². The first-order chi connectivity index (χ1) is 17.1. The average Bonchev–Trinajstić information content (AvgIpc) is 3.20. The molecule has 198 valence electrons. The number of hydrogen-bond donors (Lipinski definition) is 0. The van der Waals surface area contributed by atoms with Gasteiger partial charge in [-0.05, 0) is 91.3 Å². The summed E-state index contributed by atoms with van der Waals surface area (Å²) in [4.78, 5) is 12.2. The van der Waals surface area contributed by atoms with Gasteiger partial charge in [-0.1, -0.05) is 89.8 Å². The molecule has 0 aromatic heterocycles. The molecule has 3 saturated carbocycles. The molecule has 3 fully saturated rings. The Bertz CT molecular complexity index is 971. The van der Waals surface area contributed by atoms with E-state index in [-0.39, 0.29) is 17.5 Å². The van der Waals surface area contributed by atoms with Gasteiger partial charge in [0.25, 0.3) is 0 Å². The Labute approximate surface area is 221 Å². The molecule has 0 radical (unpaired) electrons. The minimum atomic E-state index is -0.346. The number of rotatable bonds is 6. The van der Waals surface area contributed by atoms with Crippen LogP contribution in [-0.4, -0.2) is 12.1 Å². The molecule has 8 atom stereocenters. The molecule has 0 N–H and O–H groups in total. The predicted molar refractivity (Wildman–Crippen MR) is 150 cm³/mol. The van der Waals surface area contributed by atoms with Gasteiger partial charge in [-0.3, -0.25) is 0 Å². The van der Waals surface area contributed by atoms with Crippen LogP contribution in [0.3, 0.4) is 0 Å². The lowest BCUT2D eigenvalue weighted by molar-refractivity contribution is -0.143. The molecule has 4 aliphatic rings. The Balaban J connectivity index is 1.48. The van der Waals surface area contributed by atoms with Gasteiger partial charge < -0.3 is 4.74 Å². The lowest BCUT2D eigenvalue weighted by atomic mass is 9.50. The lowest BCUT2D eigenvalue weighted by Gasteiger charge is -2.55. The number of unbranched alkanes of at least 4 members (excludes halogenated alkanes) is 1. The molecule has 0 heterocycles. The van der Waals surface area contributed by atoms with Gasteiger partial charge >= 0.3 is 5.97 Å². The fraction of sp³-hybridized carbons (Fsp3) is 0.735. The smallest absolute Gasteiger partial charge is 0.384 e. The summed E-state index contributed by atoms with van der Waals surface area (Å²) in [6, 6.07) is 0. The molecular weight excluding hydrogens is 440 g/mol. The molecular formula is C34H50O2. The fourth-order valence-corrected chi connectivity index (χ4v) is 8.12. The van der Waals surface area contributed by atoms with Crippen molar-refractivity contribution in [2.75, 3.05) is 0 Å². The first-order valence-electron chi connectivity index (χ1n) is 14.9. The fourth-order valence-electron chi connectivity index (χ4n) is 8.12. The van der Waals surface area contributed by atoms with Gasteiger partial charge in [0, 0.05) is 18.8 Å². The third-order valence-electron chi connectivity index (χ3n) is 10.8. The van der Waals surface area contributed by atoms with E-state index in [4.69, 9.17) is 4.74 Å². The van der Waals surface area contributed by atoms with E-state index in [0.717, 1.165) is 43.9 Å². The normalized spacial score (nSPS) is 37.1. The number of carbonyl (C=O) groups is 1. The molecule has 1 unspecified atom stereocenters. The Kier molecular flexibility index (Phi) is 8.29. The van der Waals surface area contributed by atoms with Crippen molar-refractivity contribution in [3.05, 3.63) is 35.5 Å². The lowest BCUT2D eigenvalue weighted by Crippen LogP contribution is -2.46. The van der Waals surface area contributed by atoms with E-state index in [1.54, 1.807) is 5.57 Å². The minimum Gasteiger partial charge on any atom is -0.452 e. The topological polar surface area (TPSA) is 26.3 Å². The van der Waals surface area contributed by atoms with Crippen molar-refractivity contribution in [3.8, 4) is 11.8 Å². The van der Waals surface area contributed by atoms with E-state index in [1.807, 2.05) is 0 Å². The van der Waals surface area contributed by atoms with E-state index in [1.165, 1.54) is 31.3 Å². The van der Waals surface area contributed by atoms with Crippen LogP contribution in [0.2, 0.25) is 0 Å². The Hall–Kier alpha value is -1.75. The van der Waals surface area contributed by atoms with Crippen LogP contribution in [0.15, 0.2) is 35.5 Å². The summed E-state index contributed by atoms with van der Waals surface area (Å²) in [5.74, 6) is 9.41. The quantitative estimate of drug-likeness (QED) is 0.161. The standard InChI is InChI=1S/C34H50O2/c1-8-9-10-11-32(35)36-27-18-20-33(6)26(22-27)14-15-28-30-17-16-29(34(30,7)21-19-31(28)33)25(5)13-12-24(4)23(2)3/h12-15,23-25,27,29-31H,8-9,16-22H2,1-7H3/t24-,25+,27?,29+,30-,31-,33-,34+/m0/s1. The Morgan fingerprint density at radius 3 is 2.56 bits per heavy atom. The third kappa shape index (κ3) is 5.14. The highest BCUT2D eigenvalue weighted by molar-refractivity contribution is 5.88. The van der Waals surface area contributed by atoms with Crippen LogP contribution < -0.4 is 0 Å². The first kappa shape index (κ1) is 27.3. The zero-order chi connectivity index (χ0) is 26.1. The molecule has 0 spiro atoms. The maximum Gasteiger partial charge on any atom is 0.384 e. The summed E-state index contributed by atoms with van der Waals surface area (Å²) in [7, 11) is 0. The molecule has 0 aromatic rings. The van der Waals surface area contributed by atoms with Gasteiger partial charge in [-0.15, -0.1) is 0 Å². The van der Waals surface area contributed by atoms with Crippen LogP contribution in [0, 0.1) is 58.2 Å². The predicted octanol–water partition coefficient (Wildman–Crippen LogP) is 8.69. The Morgan fingerprint density at radius 2 is 1.83 bits per heavy atom. The molecule has 4 rings (SSSR count). The molecule has 0 bridgehead atoms. The van der Waals surface area contributed by atoms with Gasteiger partial charge in [-0.2, -0.15) is 0 Å². The largest absolute Gasteiger partial charge is 0.452 e. The SMILES string of the molecule is CCCC#CC(=O)OC1CC[C@@]2(C)C(=CC=C3[C@@H]4CC[C@H]([C@H](C)C=C[C@H](C)C(C)C)[C@@]4(C)CC[C@@H]32)C1. The van der Waals surface area contributed by atoms with E-state index in [0.29, 0.717) is 29.1 Å². The van der Waals surface area contributed by atoms with Crippen LogP contribution in [0.5, 0.6) is 0 Å². The first-order valence-corrected chi connectivity index (χ1v) is 14.9. The van der Waals surface area contributed by atoms with Crippen LogP contribution in [0.1, 0.15) is 106 Å². The van der Waals surface area contributed by atoms with Crippen molar-refractivity contribution in [1.29, 1.82) is 0 Å². The number of hydrogen-bond acceptors (Lipinski definition) is 2. The third-order valence-corrected chi connectivity index (χ3v) is 10.8. The number of fused-ring (bicyclic) bond motifs is 5. The van der Waals surface area contributed by atoms with E-state index in [9.17, 15) is 4.79 Å². The van der Waals surface area contributed by atoms with Gasteiger partial charge in [0.2, 0.25) is 0 Å². The van der Waals surface area contributed by atoms with Crippen LogP contribution in [0.4, 0.5) is 0 Å². The molecule has 0 amide bonds. The van der Waals surface area contributed by atoms with Crippen molar-refractivity contribution >= 4 is 5.97 Å². The van der Waals surface area contributed by atoms with Crippen LogP contribution in [-0.2, 0) is 9.53 Å². The second kappa shape index (κ2) is 10.9. The summed E-state index contributed by atoms with van der Waals surface area (Å²) in [5, 5.41) is 0. The highest BCUT2D eigenvalue weighted by Crippen LogP contribution is 2.66. The number of carbonyl (C=O) groups excluding carboxylic acids is 1. The van der Waals surface area contributed by atoms with Crippen molar-refractivity contribution in [2.45, 2.75) is 112 Å². The second-order valence-electron chi connectivity index (χ2n) is 13.3. The monoisotopic (exact) mass is 490 g/mol. The molecule has 4 aliphatic carbocycles. The zero-order valence-electron chi connectivity index (χ0n) is 24.0. The zero-order valence-corrected chi connectivity index (χ0v) is 24.0. The molecule has 2 nitrogen and oxygen atoms in total. The Morgan fingerprint density at radius 1 is 1.06 bits per heavy atom. The second-order valence-corrected chi connectivity index (χ2v) is 13.3. The number of esters is 1. The minimum absolute atomic E-state index is 0.0201. The summed E-state index contributed by atoms with van der Waals surface area (Å²) in [6.07, 6.45) is 19.9. The average molecular weight is 491 g/mol. The van der Waals surface area contributed by atoms with Gasteiger partial charge in [-0.25, -0.2) is 4.79 Å². The maximum atomic E-state index is 12.2. The molecule has 36 heavy (non-hydrogen) atoms. The summed E-state index contributed by atoms with van der Waals surface area (Å²) >= 11 is 0. The summed E-state index contributed by atoms with van der Waals surface area (Å²) < 4.78 is 5.77. The number of ether oxygens (including phenoxy) is 1. The van der Waals surface area contributed by atoms with Crippen molar-refractivity contribution in [2.24, 2.45) is 46.3 Å². The van der Waals surface area contributed by atoms with Crippen LogP contribution in [0.25, 0.3) is 0 Å². The van der Waals surface area contributed by atoms with E-state index < -0.39 is 0 Å². The molecule has 0 aliphatic heterocycles. The summed E-state index contributed by atoms with van der Waals surface area (Å²) in [6.45, 7) is 16.7. The number of allylic oxidation sites excluding steroid dienone is 5. The van der Waals surface area contributed by atoms with E-state index >= 15 is 0 Å². The molecule has 0 aromatic carbocycles. The summed E-state index contributed by atoms with van der Waals surface area (Å²) in [5.41, 5.74) is 3.88. The molecule has 0 saturated heterocycles. The van der Waals surface area contributed by atoms with Crippen molar-refractivity contribution in [3.63, 3.8) is 0 Å². The van der Waals surface area contributed by atoms with Gasteiger partial charge in [0.1, 0.15) is 6.10 Å².